The smallest absolute Gasteiger partial charge is 0.274 e. The number of amides is 1. The molecule has 0 aliphatic carbocycles. The third kappa shape index (κ3) is 3.84. The molecule has 1 N–H and O–H groups in total. The fourth-order valence-corrected chi connectivity index (χ4v) is 3.52. The summed E-state index contributed by atoms with van der Waals surface area (Å²) < 4.78 is 7.17. The first-order chi connectivity index (χ1) is 13.6. The van der Waals surface area contributed by atoms with Crippen molar-refractivity contribution in [1.82, 2.24) is 14.5 Å². The standard InChI is InChI=1S/C21H18N4O2S/c1-25-12-11-22-21(25)28-17-7-4-15(5-8-17)23-20(26)19-9-3-14-13-16(27-2)6-10-18(14)24-19/h3-13H,1-2H3,(H,23,26). The molecule has 2 aromatic carbocycles. The Morgan fingerprint density at radius 2 is 1.93 bits per heavy atom. The molecule has 140 valence electrons. The molecule has 0 saturated heterocycles. The van der Waals surface area contributed by atoms with Crippen molar-refractivity contribution in [2.75, 3.05) is 12.4 Å². The molecule has 0 bridgehead atoms. The van der Waals surface area contributed by atoms with Crippen LogP contribution in [0.25, 0.3) is 10.9 Å². The number of imidazole rings is 1. The molecule has 4 aromatic rings. The van der Waals surface area contributed by atoms with Crippen LogP contribution < -0.4 is 10.1 Å². The van der Waals surface area contributed by atoms with Crippen molar-refractivity contribution < 1.29 is 9.53 Å². The molecule has 0 aliphatic rings. The summed E-state index contributed by atoms with van der Waals surface area (Å²) in [5.74, 6) is 0.511. The Kier molecular flexibility index (Phi) is 4.99. The lowest BCUT2D eigenvalue weighted by molar-refractivity contribution is 0.102. The third-order valence-corrected chi connectivity index (χ3v) is 5.31. The first-order valence-corrected chi connectivity index (χ1v) is 9.45. The van der Waals surface area contributed by atoms with Crippen molar-refractivity contribution in [3.63, 3.8) is 0 Å². The van der Waals surface area contributed by atoms with Crippen LogP contribution in [0.15, 0.2) is 77.0 Å². The van der Waals surface area contributed by atoms with Crippen molar-refractivity contribution in [3.05, 3.63) is 72.7 Å². The number of aryl methyl sites for hydroxylation is 1. The van der Waals surface area contributed by atoms with Crippen molar-refractivity contribution in [2.45, 2.75) is 10.1 Å². The Bertz CT molecular complexity index is 1140. The maximum atomic E-state index is 12.5. The van der Waals surface area contributed by atoms with Crippen LogP contribution in [0.5, 0.6) is 5.75 Å². The fraction of sp³-hybridized carbons (Fsp3) is 0.0952. The lowest BCUT2D eigenvalue weighted by atomic mass is 10.2. The van der Waals surface area contributed by atoms with E-state index in [4.69, 9.17) is 4.74 Å². The number of nitrogens with one attached hydrogen (secondary N) is 1. The lowest BCUT2D eigenvalue weighted by Crippen LogP contribution is -2.13. The second-order valence-corrected chi connectivity index (χ2v) is 7.20. The normalized spacial score (nSPS) is 10.8. The van der Waals surface area contributed by atoms with Crippen LogP contribution in [0.1, 0.15) is 10.5 Å². The zero-order valence-electron chi connectivity index (χ0n) is 15.4. The van der Waals surface area contributed by atoms with Gasteiger partial charge in [0.05, 0.1) is 12.6 Å². The van der Waals surface area contributed by atoms with Gasteiger partial charge in [-0.2, -0.15) is 0 Å². The van der Waals surface area contributed by atoms with Crippen molar-refractivity contribution in [1.29, 1.82) is 0 Å². The summed E-state index contributed by atoms with van der Waals surface area (Å²) in [6.45, 7) is 0. The number of ether oxygens (including phenoxy) is 1. The SMILES string of the molecule is COc1ccc2nc(C(=O)Nc3ccc(Sc4nccn4C)cc3)ccc2c1. The summed E-state index contributed by atoms with van der Waals surface area (Å²) in [6.07, 6.45) is 3.67. The number of methoxy groups -OCH3 is 1. The number of benzene rings is 2. The minimum Gasteiger partial charge on any atom is -0.497 e. The predicted molar refractivity (Wildman–Crippen MR) is 110 cm³/mol. The molecule has 6 nitrogen and oxygen atoms in total. The molecular weight excluding hydrogens is 372 g/mol. The molecule has 7 heteroatoms. The van der Waals surface area contributed by atoms with Crippen LogP contribution >= 0.6 is 11.8 Å². The van der Waals surface area contributed by atoms with E-state index in [1.807, 2.05) is 66.3 Å². The van der Waals surface area contributed by atoms with Crippen LogP contribution in [-0.2, 0) is 7.05 Å². The van der Waals surface area contributed by atoms with Gasteiger partial charge in [0.15, 0.2) is 5.16 Å². The van der Waals surface area contributed by atoms with Crippen LogP contribution in [0.3, 0.4) is 0 Å². The first-order valence-electron chi connectivity index (χ1n) is 8.64. The van der Waals surface area contributed by atoms with E-state index in [9.17, 15) is 4.79 Å². The monoisotopic (exact) mass is 390 g/mol. The average Bonchev–Trinajstić information content (AvgIpc) is 3.13. The molecule has 4 rings (SSSR count). The number of pyridine rings is 1. The summed E-state index contributed by atoms with van der Waals surface area (Å²) >= 11 is 1.57. The highest BCUT2D eigenvalue weighted by Gasteiger charge is 2.10. The van der Waals surface area contributed by atoms with Crippen LogP contribution in [0.4, 0.5) is 5.69 Å². The van der Waals surface area contributed by atoms with Gasteiger partial charge in [0, 0.05) is 35.4 Å². The minimum atomic E-state index is -0.248. The van der Waals surface area contributed by atoms with E-state index in [2.05, 4.69) is 15.3 Å². The second kappa shape index (κ2) is 7.74. The van der Waals surface area contributed by atoms with Gasteiger partial charge in [0.2, 0.25) is 0 Å². The largest absolute Gasteiger partial charge is 0.497 e. The fourth-order valence-electron chi connectivity index (χ4n) is 2.71. The van der Waals surface area contributed by atoms with Gasteiger partial charge in [-0.1, -0.05) is 17.8 Å². The maximum absolute atomic E-state index is 12.5. The molecular formula is C21H18N4O2S. The van der Waals surface area contributed by atoms with E-state index < -0.39 is 0 Å². The molecule has 0 radical (unpaired) electrons. The van der Waals surface area contributed by atoms with E-state index in [-0.39, 0.29) is 5.91 Å². The predicted octanol–water partition coefficient (Wildman–Crippen LogP) is 4.38. The zero-order valence-corrected chi connectivity index (χ0v) is 16.2. The van der Waals surface area contributed by atoms with E-state index in [0.717, 1.165) is 26.7 Å². The van der Waals surface area contributed by atoms with E-state index in [1.165, 1.54) is 0 Å². The summed E-state index contributed by atoms with van der Waals surface area (Å²) in [7, 11) is 3.58. The van der Waals surface area contributed by atoms with E-state index >= 15 is 0 Å². The van der Waals surface area contributed by atoms with Crippen molar-refractivity contribution in [3.8, 4) is 5.75 Å². The zero-order chi connectivity index (χ0) is 19.5. The Labute approximate surface area is 166 Å². The van der Waals surface area contributed by atoms with Crippen molar-refractivity contribution >= 4 is 34.3 Å². The molecule has 0 atom stereocenters. The number of carbonyl (C=O) groups excluding carboxylic acids is 1. The molecule has 2 heterocycles. The summed E-state index contributed by atoms with van der Waals surface area (Å²) in [5.41, 5.74) is 1.82. The van der Waals surface area contributed by atoms with Gasteiger partial charge < -0.3 is 14.6 Å². The van der Waals surface area contributed by atoms with Crippen LogP contribution in [0, 0.1) is 0 Å². The van der Waals surface area contributed by atoms with Crippen LogP contribution in [0.2, 0.25) is 0 Å². The summed E-state index contributed by atoms with van der Waals surface area (Å²) in [6, 6.07) is 16.8. The van der Waals surface area contributed by atoms with Crippen LogP contribution in [-0.4, -0.2) is 27.6 Å². The van der Waals surface area contributed by atoms with Gasteiger partial charge in [0.25, 0.3) is 5.91 Å². The molecule has 2 aromatic heterocycles. The summed E-state index contributed by atoms with van der Waals surface area (Å²) in [5, 5.41) is 4.72. The van der Waals surface area contributed by atoms with E-state index in [1.54, 1.807) is 31.1 Å². The average molecular weight is 390 g/mol. The number of fused-ring (bicyclic) bond motifs is 1. The number of hydrogen-bond donors (Lipinski definition) is 1. The highest BCUT2D eigenvalue weighted by molar-refractivity contribution is 7.99. The Morgan fingerprint density at radius 1 is 1.11 bits per heavy atom. The second-order valence-electron chi connectivity index (χ2n) is 6.16. The number of aromatic nitrogens is 3. The molecule has 0 spiro atoms. The topological polar surface area (TPSA) is 69.0 Å². The van der Waals surface area contributed by atoms with Gasteiger partial charge in [-0.25, -0.2) is 9.97 Å². The van der Waals surface area contributed by atoms with Gasteiger partial charge in [-0.05, 0) is 48.5 Å². The number of rotatable bonds is 5. The van der Waals surface area contributed by atoms with E-state index in [0.29, 0.717) is 11.4 Å². The Balaban J connectivity index is 1.47. The minimum absolute atomic E-state index is 0.248. The van der Waals surface area contributed by atoms with Gasteiger partial charge >= 0.3 is 0 Å². The molecule has 0 aliphatic heterocycles. The molecule has 1 amide bonds. The van der Waals surface area contributed by atoms with Gasteiger partial charge in [-0.15, -0.1) is 0 Å². The first kappa shape index (κ1) is 18.1. The highest BCUT2D eigenvalue weighted by Crippen LogP contribution is 2.27. The molecule has 0 unspecified atom stereocenters. The van der Waals surface area contributed by atoms with Gasteiger partial charge in [0.1, 0.15) is 11.4 Å². The molecule has 0 saturated carbocycles. The van der Waals surface area contributed by atoms with Gasteiger partial charge in [-0.3, -0.25) is 4.79 Å². The Hall–Kier alpha value is -3.32. The number of hydrogen-bond acceptors (Lipinski definition) is 5. The molecule has 28 heavy (non-hydrogen) atoms. The number of nitrogens with zero attached hydrogens (tertiary/aromatic N) is 3. The third-order valence-electron chi connectivity index (χ3n) is 4.23. The number of carbonyl (C=O) groups is 1. The summed E-state index contributed by atoms with van der Waals surface area (Å²) in [4.78, 5) is 22.3. The van der Waals surface area contributed by atoms with Crippen molar-refractivity contribution in [2.24, 2.45) is 7.05 Å². The Morgan fingerprint density at radius 3 is 2.64 bits per heavy atom. The molecule has 0 fully saturated rings. The quantitative estimate of drug-likeness (QED) is 0.548. The highest BCUT2D eigenvalue weighted by atomic mass is 32.2. The lowest BCUT2D eigenvalue weighted by Gasteiger charge is -2.07. The number of anilines is 1. The maximum Gasteiger partial charge on any atom is 0.274 e.